The summed E-state index contributed by atoms with van der Waals surface area (Å²) in [7, 11) is 0. The van der Waals surface area contributed by atoms with E-state index in [0.717, 1.165) is 56.9 Å². The van der Waals surface area contributed by atoms with Crippen LogP contribution in [0.3, 0.4) is 0 Å². The molecule has 0 spiro atoms. The number of ketones is 1. The average molecular weight is 676 g/mol. The normalized spacial score (nSPS) is 40.8. The van der Waals surface area contributed by atoms with Gasteiger partial charge in [-0.15, -0.1) is 0 Å². The van der Waals surface area contributed by atoms with Crippen molar-refractivity contribution in [2.75, 3.05) is 13.2 Å². The van der Waals surface area contributed by atoms with Crippen molar-refractivity contribution in [1.82, 2.24) is 5.32 Å². The Morgan fingerprint density at radius 1 is 0.878 bits per heavy atom. The largest absolute Gasteiger partial charge is 0.480 e. The lowest BCUT2D eigenvalue weighted by molar-refractivity contribution is -0.190. The molecule has 1 aromatic carbocycles. The van der Waals surface area contributed by atoms with Crippen molar-refractivity contribution in [3.8, 4) is 0 Å². The Kier molecular flexibility index (Phi) is 9.02. The summed E-state index contributed by atoms with van der Waals surface area (Å²) in [6.45, 7) is 15.6. The number of carbonyl (C=O) groups is 4. The van der Waals surface area contributed by atoms with Gasteiger partial charge in [-0.25, -0.2) is 4.79 Å². The van der Waals surface area contributed by atoms with E-state index in [9.17, 15) is 19.2 Å². The van der Waals surface area contributed by atoms with Crippen LogP contribution in [-0.2, 0) is 35.3 Å². The van der Waals surface area contributed by atoms with Crippen LogP contribution in [0.25, 0.3) is 0 Å². The summed E-state index contributed by atoms with van der Waals surface area (Å²) in [6, 6.07) is 9.75. The maximum Gasteiger partial charge on any atom is 0.329 e. The molecule has 0 aromatic heterocycles. The topological polar surface area (TPSA) is 119 Å². The van der Waals surface area contributed by atoms with E-state index in [1.807, 2.05) is 36.4 Å². The highest BCUT2D eigenvalue weighted by atomic mass is 16.5. The third-order valence-electron chi connectivity index (χ3n) is 15.1. The SMILES string of the molecule is CC12CC[C@](C)(C(=O)OCc3ccccc3)CC1C1=CC(=O)[C@@H]3[C@@]4(C)CC[C@H](NC(=O)COCC(=O)O)C(C)(C)C4CC[C@@]3(C)[C@]1(C)CC2. The second-order valence-electron chi connectivity index (χ2n) is 18.2. The first-order valence-corrected chi connectivity index (χ1v) is 18.5. The number of carboxylic acids is 1. The number of allylic oxidation sites excluding steroid dienone is 2. The van der Waals surface area contributed by atoms with E-state index in [0.29, 0.717) is 6.42 Å². The van der Waals surface area contributed by atoms with E-state index >= 15 is 0 Å². The molecule has 5 aliphatic carbocycles. The van der Waals surface area contributed by atoms with Crippen molar-refractivity contribution in [2.45, 2.75) is 119 Å². The highest BCUT2D eigenvalue weighted by Crippen LogP contribution is 2.75. The number of nitrogens with one attached hydrogen (secondary N) is 1. The van der Waals surface area contributed by atoms with Crippen molar-refractivity contribution < 1.29 is 33.8 Å². The highest BCUT2D eigenvalue weighted by Gasteiger charge is 2.70. The van der Waals surface area contributed by atoms with Gasteiger partial charge in [-0.2, -0.15) is 0 Å². The van der Waals surface area contributed by atoms with E-state index in [1.54, 1.807) is 0 Å². The molecule has 9 atom stereocenters. The second kappa shape index (κ2) is 12.3. The summed E-state index contributed by atoms with van der Waals surface area (Å²) < 4.78 is 11.0. The smallest absolute Gasteiger partial charge is 0.329 e. The first-order chi connectivity index (χ1) is 22.9. The van der Waals surface area contributed by atoms with Crippen LogP contribution >= 0.6 is 0 Å². The molecular weight excluding hydrogens is 618 g/mol. The Bertz CT molecular complexity index is 1530. The van der Waals surface area contributed by atoms with Gasteiger partial charge in [-0.3, -0.25) is 14.4 Å². The Hall–Kier alpha value is -3.00. The number of aliphatic carboxylic acids is 1. The maximum absolute atomic E-state index is 14.8. The van der Waals surface area contributed by atoms with Crippen molar-refractivity contribution in [2.24, 2.45) is 50.2 Å². The van der Waals surface area contributed by atoms with Gasteiger partial charge in [-0.05, 0) is 115 Å². The molecule has 2 N–H and O–H groups in total. The number of esters is 1. The third kappa shape index (κ3) is 5.78. The Morgan fingerprint density at radius 2 is 1.57 bits per heavy atom. The van der Waals surface area contributed by atoms with Crippen molar-refractivity contribution in [3.05, 3.63) is 47.5 Å². The molecular formula is C41H57NO7. The van der Waals surface area contributed by atoms with Crippen LogP contribution in [0.1, 0.15) is 112 Å². The average Bonchev–Trinajstić information content (AvgIpc) is 3.03. The van der Waals surface area contributed by atoms with Crippen LogP contribution < -0.4 is 5.32 Å². The minimum Gasteiger partial charge on any atom is -0.480 e. The fraction of sp³-hybridized carbons (Fsp3) is 0.707. The molecule has 1 aromatic rings. The fourth-order valence-electron chi connectivity index (χ4n) is 12.0. The van der Waals surface area contributed by atoms with Gasteiger partial charge < -0.3 is 19.9 Å². The third-order valence-corrected chi connectivity index (χ3v) is 15.1. The van der Waals surface area contributed by atoms with Crippen LogP contribution in [0.2, 0.25) is 0 Å². The highest BCUT2D eigenvalue weighted by molar-refractivity contribution is 5.95. The maximum atomic E-state index is 14.8. The first kappa shape index (κ1) is 35.8. The van der Waals surface area contributed by atoms with E-state index < -0.39 is 18.0 Å². The van der Waals surface area contributed by atoms with E-state index in [1.165, 1.54) is 5.57 Å². The van der Waals surface area contributed by atoms with E-state index in [-0.39, 0.29) is 81.7 Å². The first-order valence-electron chi connectivity index (χ1n) is 18.5. The Labute approximate surface area is 292 Å². The molecule has 4 saturated carbocycles. The van der Waals surface area contributed by atoms with Crippen LogP contribution in [0, 0.1) is 50.2 Å². The lowest BCUT2D eigenvalue weighted by atomic mass is 9.33. The van der Waals surface area contributed by atoms with E-state index in [2.05, 4.69) is 53.8 Å². The Morgan fingerprint density at radius 3 is 2.27 bits per heavy atom. The number of amides is 1. The predicted octanol–water partition coefficient (Wildman–Crippen LogP) is 7.30. The molecule has 0 aliphatic heterocycles. The monoisotopic (exact) mass is 675 g/mol. The van der Waals surface area contributed by atoms with E-state index in [4.69, 9.17) is 14.6 Å². The molecule has 0 radical (unpaired) electrons. The molecule has 268 valence electrons. The number of fused-ring (bicyclic) bond motifs is 7. The molecule has 49 heavy (non-hydrogen) atoms. The fourth-order valence-corrected chi connectivity index (χ4v) is 12.0. The molecule has 1 amide bonds. The summed E-state index contributed by atoms with van der Waals surface area (Å²) in [5, 5.41) is 12.0. The molecule has 0 bridgehead atoms. The minimum atomic E-state index is -1.10. The number of hydrogen-bond donors (Lipinski definition) is 2. The van der Waals surface area contributed by atoms with Crippen LogP contribution in [0.4, 0.5) is 0 Å². The predicted molar refractivity (Wildman–Crippen MR) is 186 cm³/mol. The number of carboxylic acid groups (broad SMARTS) is 1. The van der Waals surface area contributed by atoms with Gasteiger partial charge in [0.15, 0.2) is 5.78 Å². The van der Waals surface area contributed by atoms with Crippen molar-refractivity contribution in [3.63, 3.8) is 0 Å². The lowest BCUT2D eigenvalue weighted by Gasteiger charge is -2.70. The minimum absolute atomic E-state index is 0.0432. The lowest BCUT2D eigenvalue weighted by Crippen LogP contribution is -2.67. The zero-order valence-corrected chi connectivity index (χ0v) is 30.7. The zero-order chi connectivity index (χ0) is 35.6. The van der Waals surface area contributed by atoms with Gasteiger partial charge in [0.05, 0.1) is 5.41 Å². The number of hydrogen-bond acceptors (Lipinski definition) is 6. The van der Waals surface area contributed by atoms with Gasteiger partial charge in [-0.1, -0.05) is 77.4 Å². The molecule has 8 heteroatoms. The molecule has 8 nitrogen and oxygen atoms in total. The standard InChI is InChI=1S/C41H57NO7/c1-36(2)30-13-16-41(7)34(39(30,5)15-14-31(36)42-32(44)24-48-25-33(45)46)29(43)21-27-28-22-38(4,18-17-37(28,3)19-20-40(27,41)6)35(47)49-23-26-11-9-8-10-12-26/h8-12,21,28,30-31,34H,13-20,22-25H2,1-7H3,(H,42,44)(H,45,46)/t28?,30?,31-,34+,37?,38-,39-,40+,41+/m0/s1. The molecule has 4 fully saturated rings. The molecule has 0 heterocycles. The summed E-state index contributed by atoms with van der Waals surface area (Å²) >= 11 is 0. The number of ether oxygens (including phenoxy) is 2. The van der Waals surface area contributed by atoms with Crippen LogP contribution in [0.5, 0.6) is 0 Å². The zero-order valence-electron chi connectivity index (χ0n) is 30.7. The summed E-state index contributed by atoms with van der Waals surface area (Å²) in [5.41, 5.74) is 0.816. The molecule has 6 rings (SSSR count). The molecule has 3 unspecified atom stereocenters. The summed E-state index contributed by atoms with van der Waals surface area (Å²) in [4.78, 5) is 52.1. The van der Waals surface area contributed by atoms with Gasteiger partial charge in [0, 0.05) is 12.0 Å². The molecule has 0 saturated heterocycles. The number of rotatable bonds is 8. The second-order valence-corrected chi connectivity index (χ2v) is 18.2. The van der Waals surface area contributed by atoms with Gasteiger partial charge in [0.25, 0.3) is 0 Å². The van der Waals surface area contributed by atoms with Gasteiger partial charge in [0.1, 0.15) is 19.8 Å². The van der Waals surface area contributed by atoms with Crippen LogP contribution in [-0.4, -0.2) is 48.0 Å². The summed E-state index contributed by atoms with van der Waals surface area (Å²) in [5.74, 6) is -1.05. The van der Waals surface area contributed by atoms with Crippen molar-refractivity contribution in [1.29, 1.82) is 0 Å². The Balaban J connectivity index is 1.25. The summed E-state index contributed by atoms with van der Waals surface area (Å²) in [6.07, 6.45) is 10.1. The van der Waals surface area contributed by atoms with Crippen molar-refractivity contribution >= 4 is 23.6 Å². The number of benzene rings is 1. The van der Waals surface area contributed by atoms with Gasteiger partial charge in [0.2, 0.25) is 5.91 Å². The number of carbonyl (C=O) groups excluding carboxylic acids is 3. The van der Waals surface area contributed by atoms with Crippen LogP contribution in [0.15, 0.2) is 42.0 Å². The molecule has 5 aliphatic rings. The van der Waals surface area contributed by atoms with Gasteiger partial charge >= 0.3 is 11.9 Å². The quantitative estimate of drug-likeness (QED) is 0.278.